The van der Waals surface area contributed by atoms with Gasteiger partial charge in [0.25, 0.3) is 0 Å². The fourth-order valence-corrected chi connectivity index (χ4v) is 3.50. The van der Waals surface area contributed by atoms with Crippen LogP contribution in [0.2, 0.25) is 0 Å². The highest BCUT2D eigenvalue weighted by atomic mass is 16.3. The first-order valence-corrected chi connectivity index (χ1v) is 9.75. The van der Waals surface area contributed by atoms with E-state index in [-0.39, 0.29) is 5.91 Å². The Morgan fingerprint density at radius 1 is 1.10 bits per heavy atom. The van der Waals surface area contributed by atoms with Gasteiger partial charge in [0.1, 0.15) is 5.52 Å². The summed E-state index contributed by atoms with van der Waals surface area (Å²) in [4.78, 5) is 21.2. The van der Waals surface area contributed by atoms with Crippen molar-refractivity contribution in [3.8, 4) is 6.07 Å². The SMILES string of the molecule is N#Cc1ccc(CN2CCCN(C(=O)/C=C/c3nc4ccccc4o3)CC2)cc1. The van der Waals surface area contributed by atoms with Crippen LogP contribution in [0.25, 0.3) is 17.2 Å². The Labute approximate surface area is 169 Å². The molecule has 1 saturated heterocycles. The van der Waals surface area contributed by atoms with E-state index in [9.17, 15) is 4.79 Å². The summed E-state index contributed by atoms with van der Waals surface area (Å²) in [6.07, 6.45) is 4.11. The number of amides is 1. The lowest BCUT2D eigenvalue weighted by atomic mass is 10.1. The maximum atomic E-state index is 12.6. The average Bonchev–Trinajstić information content (AvgIpc) is 3.03. The highest BCUT2D eigenvalue weighted by Crippen LogP contribution is 2.16. The lowest BCUT2D eigenvalue weighted by Gasteiger charge is -2.21. The molecule has 0 bridgehead atoms. The molecule has 29 heavy (non-hydrogen) atoms. The Morgan fingerprint density at radius 3 is 2.72 bits per heavy atom. The van der Waals surface area contributed by atoms with Gasteiger partial charge in [-0.05, 0) is 36.2 Å². The number of fused-ring (bicyclic) bond motifs is 1. The summed E-state index contributed by atoms with van der Waals surface area (Å²) in [7, 11) is 0. The largest absolute Gasteiger partial charge is 0.437 e. The number of oxazole rings is 1. The van der Waals surface area contributed by atoms with Gasteiger partial charge in [-0.3, -0.25) is 9.69 Å². The lowest BCUT2D eigenvalue weighted by Crippen LogP contribution is -2.34. The number of carbonyl (C=O) groups is 1. The fourth-order valence-electron chi connectivity index (χ4n) is 3.50. The maximum Gasteiger partial charge on any atom is 0.246 e. The zero-order chi connectivity index (χ0) is 20.1. The van der Waals surface area contributed by atoms with Gasteiger partial charge < -0.3 is 9.32 Å². The number of para-hydroxylation sites is 2. The number of rotatable bonds is 4. The van der Waals surface area contributed by atoms with Crippen LogP contribution in [0.1, 0.15) is 23.4 Å². The smallest absolute Gasteiger partial charge is 0.246 e. The van der Waals surface area contributed by atoms with Crippen molar-refractivity contribution in [3.63, 3.8) is 0 Å². The van der Waals surface area contributed by atoms with Crippen LogP contribution in [-0.2, 0) is 11.3 Å². The summed E-state index contributed by atoms with van der Waals surface area (Å²) in [5.74, 6) is 0.421. The van der Waals surface area contributed by atoms with Crippen LogP contribution in [0.15, 0.2) is 59.0 Å². The molecule has 0 aliphatic carbocycles. The topological polar surface area (TPSA) is 73.4 Å². The molecule has 1 fully saturated rings. The van der Waals surface area contributed by atoms with E-state index in [0.717, 1.165) is 38.1 Å². The lowest BCUT2D eigenvalue weighted by molar-refractivity contribution is -0.125. The third-order valence-corrected chi connectivity index (χ3v) is 5.07. The predicted octanol–water partition coefficient (Wildman–Crippen LogP) is 3.45. The normalized spacial score (nSPS) is 15.5. The second-order valence-corrected chi connectivity index (χ2v) is 7.12. The Balaban J connectivity index is 1.33. The Bertz CT molecular complexity index is 1030. The number of nitriles is 1. The van der Waals surface area contributed by atoms with Crippen LogP contribution in [0.5, 0.6) is 0 Å². The van der Waals surface area contributed by atoms with E-state index < -0.39 is 0 Å². The predicted molar refractivity (Wildman–Crippen MR) is 111 cm³/mol. The van der Waals surface area contributed by atoms with E-state index in [1.54, 1.807) is 12.2 Å². The quantitative estimate of drug-likeness (QED) is 0.642. The second kappa shape index (κ2) is 8.72. The Kier molecular flexibility index (Phi) is 5.68. The molecule has 0 unspecified atom stereocenters. The molecule has 1 aliphatic rings. The summed E-state index contributed by atoms with van der Waals surface area (Å²) in [5, 5.41) is 8.91. The minimum Gasteiger partial charge on any atom is -0.437 e. The number of benzene rings is 2. The standard InChI is InChI=1S/C23H22N4O2/c24-16-18-6-8-19(9-7-18)17-26-12-3-13-27(15-14-26)23(28)11-10-22-25-20-4-1-2-5-21(20)29-22/h1-2,4-11H,3,12-15,17H2/b11-10+. The number of nitrogens with zero attached hydrogens (tertiary/aromatic N) is 4. The molecule has 0 radical (unpaired) electrons. The van der Waals surface area contributed by atoms with Crippen LogP contribution in [0.4, 0.5) is 0 Å². The third kappa shape index (κ3) is 4.71. The number of carbonyl (C=O) groups excluding carboxylic acids is 1. The molecule has 1 aliphatic heterocycles. The van der Waals surface area contributed by atoms with E-state index in [2.05, 4.69) is 16.0 Å². The highest BCUT2D eigenvalue weighted by Gasteiger charge is 2.18. The van der Waals surface area contributed by atoms with Crippen molar-refractivity contribution in [1.82, 2.24) is 14.8 Å². The summed E-state index contributed by atoms with van der Waals surface area (Å²) in [6.45, 7) is 4.02. The van der Waals surface area contributed by atoms with Gasteiger partial charge in [-0.25, -0.2) is 4.98 Å². The van der Waals surface area contributed by atoms with E-state index in [0.29, 0.717) is 23.6 Å². The van der Waals surface area contributed by atoms with Crippen molar-refractivity contribution in [2.75, 3.05) is 26.2 Å². The van der Waals surface area contributed by atoms with E-state index >= 15 is 0 Å². The van der Waals surface area contributed by atoms with Gasteiger partial charge in [-0.15, -0.1) is 0 Å². The summed E-state index contributed by atoms with van der Waals surface area (Å²) in [5.41, 5.74) is 3.35. The fraction of sp³-hybridized carbons (Fsp3) is 0.261. The summed E-state index contributed by atoms with van der Waals surface area (Å²) < 4.78 is 5.63. The first kappa shape index (κ1) is 18.9. The van der Waals surface area contributed by atoms with Crippen molar-refractivity contribution >= 4 is 23.1 Å². The van der Waals surface area contributed by atoms with Crippen molar-refractivity contribution < 1.29 is 9.21 Å². The summed E-state index contributed by atoms with van der Waals surface area (Å²) >= 11 is 0. The van der Waals surface area contributed by atoms with Crippen molar-refractivity contribution in [2.24, 2.45) is 0 Å². The number of hydrogen-bond acceptors (Lipinski definition) is 5. The molecule has 2 aromatic carbocycles. The Hall–Kier alpha value is -3.43. The molecule has 146 valence electrons. The van der Waals surface area contributed by atoms with Gasteiger partial charge in [-0.2, -0.15) is 5.26 Å². The highest BCUT2D eigenvalue weighted by molar-refractivity contribution is 5.91. The van der Waals surface area contributed by atoms with E-state index in [4.69, 9.17) is 9.68 Å². The Morgan fingerprint density at radius 2 is 1.93 bits per heavy atom. The molecule has 4 rings (SSSR count). The third-order valence-electron chi connectivity index (χ3n) is 5.07. The minimum atomic E-state index is -0.0209. The molecule has 1 amide bonds. The van der Waals surface area contributed by atoms with Crippen molar-refractivity contribution in [3.05, 3.63) is 71.6 Å². The average molecular weight is 386 g/mol. The minimum absolute atomic E-state index is 0.0209. The second-order valence-electron chi connectivity index (χ2n) is 7.12. The van der Waals surface area contributed by atoms with Crippen molar-refractivity contribution in [2.45, 2.75) is 13.0 Å². The van der Waals surface area contributed by atoms with Gasteiger partial charge in [-0.1, -0.05) is 24.3 Å². The van der Waals surface area contributed by atoms with Gasteiger partial charge in [0.15, 0.2) is 5.58 Å². The molecular formula is C23H22N4O2. The van der Waals surface area contributed by atoms with Gasteiger partial charge in [0.05, 0.1) is 11.6 Å². The summed E-state index contributed by atoms with van der Waals surface area (Å²) in [6, 6.07) is 17.4. The molecule has 0 N–H and O–H groups in total. The monoisotopic (exact) mass is 386 g/mol. The molecule has 0 saturated carbocycles. The molecule has 2 heterocycles. The van der Waals surface area contributed by atoms with Crippen LogP contribution >= 0.6 is 0 Å². The van der Waals surface area contributed by atoms with E-state index in [1.807, 2.05) is 53.4 Å². The number of aromatic nitrogens is 1. The zero-order valence-electron chi connectivity index (χ0n) is 16.1. The molecule has 3 aromatic rings. The van der Waals surface area contributed by atoms with Gasteiger partial charge >= 0.3 is 0 Å². The molecule has 0 atom stereocenters. The van der Waals surface area contributed by atoms with Crippen molar-refractivity contribution in [1.29, 1.82) is 5.26 Å². The molecule has 1 aromatic heterocycles. The van der Waals surface area contributed by atoms with Crippen LogP contribution < -0.4 is 0 Å². The van der Waals surface area contributed by atoms with Gasteiger partial charge in [0.2, 0.25) is 11.8 Å². The van der Waals surface area contributed by atoms with Crippen LogP contribution in [0, 0.1) is 11.3 Å². The van der Waals surface area contributed by atoms with E-state index in [1.165, 1.54) is 5.56 Å². The first-order chi connectivity index (χ1) is 14.2. The van der Waals surface area contributed by atoms with Gasteiger partial charge in [0, 0.05) is 44.9 Å². The number of hydrogen-bond donors (Lipinski definition) is 0. The maximum absolute atomic E-state index is 12.6. The van der Waals surface area contributed by atoms with Crippen LogP contribution in [0.3, 0.4) is 0 Å². The molecule has 0 spiro atoms. The molecule has 6 heteroatoms. The molecular weight excluding hydrogens is 364 g/mol. The zero-order valence-corrected chi connectivity index (χ0v) is 16.1. The first-order valence-electron chi connectivity index (χ1n) is 9.75. The molecule has 6 nitrogen and oxygen atoms in total. The van der Waals surface area contributed by atoms with Crippen LogP contribution in [-0.4, -0.2) is 46.9 Å².